The first-order valence-electron chi connectivity index (χ1n) is 9.26. The van der Waals surface area contributed by atoms with Gasteiger partial charge < -0.3 is 20.7 Å². The van der Waals surface area contributed by atoms with Crippen LogP contribution in [0, 0.1) is 0 Å². The molecule has 0 saturated carbocycles. The van der Waals surface area contributed by atoms with E-state index in [2.05, 4.69) is 10.2 Å². The van der Waals surface area contributed by atoms with Crippen molar-refractivity contribution in [1.29, 1.82) is 0 Å². The Labute approximate surface area is 159 Å². The summed E-state index contributed by atoms with van der Waals surface area (Å²) in [4.78, 5) is 26.2. The minimum Gasteiger partial charge on any atom is -0.480 e. The first-order valence-corrected chi connectivity index (χ1v) is 9.26. The van der Waals surface area contributed by atoms with Crippen molar-refractivity contribution in [3.05, 3.63) is 54.1 Å². The van der Waals surface area contributed by atoms with Gasteiger partial charge >= 0.3 is 0 Å². The van der Waals surface area contributed by atoms with Crippen molar-refractivity contribution in [3.63, 3.8) is 0 Å². The number of amides is 2. The molecule has 2 amide bonds. The standard InChI is InChI=1S/C21H25N3O3/c1-15(27-19-8-4-3-7-18(19)20(22)25)21(26)23-16-9-11-17(12-10-16)24-13-5-2-6-14-24/h3-4,7-12,15H,2,5-6,13-14H2,1H3,(H2,22,25)(H,23,26)/t15-/m1/s1. The minimum absolute atomic E-state index is 0.253. The number of rotatable bonds is 6. The molecule has 142 valence electrons. The Balaban J connectivity index is 1.60. The van der Waals surface area contributed by atoms with Crippen molar-refractivity contribution in [2.75, 3.05) is 23.3 Å². The Morgan fingerprint density at radius 2 is 1.70 bits per heavy atom. The number of benzene rings is 2. The normalized spacial score (nSPS) is 15.1. The largest absolute Gasteiger partial charge is 0.480 e. The number of primary amides is 1. The zero-order valence-corrected chi connectivity index (χ0v) is 15.5. The summed E-state index contributed by atoms with van der Waals surface area (Å²) >= 11 is 0. The number of carbonyl (C=O) groups excluding carboxylic acids is 2. The molecule has 1 aliphatic heterocycles. The molecule has 1 fully saturated rings. The van der Waals surface area contributed by atoms with E-state index >= 15 is 0 Å². The van der Waals surface area contributed by atoms with E-state index in [1.807, 2.05) is 24.3 Å². The van der Waals surface area contributed by atoms with Gasteiger partial charge in [-0.1, -0.05) is 12.1 Å². The Hall–Kier alpha value is -3.02. The van der Waals surface area contributed by atoms with Gasteiger partial charge in [-0.05, 0) is 62.6 Å². The topological polar surface area (TPSA) is 84.7 Å². The molecule has 0 radical (unpaired) electrons. The third kappa shape index (κ3) is 4.78. The predicted octanol–water partition coefficient (Wildman–Crippen LogP) is 3.18. The van der Waals surface area contributed by atoms with E-state index in [1.54, 1.807) is 31.2 Å². The quantitative estimate of drug-likeness (QED) is 0.821. The lowest BCUT2D eigenvalue weighted by Gasteiger charge is -2.28. The highest BCUT2D eigenvalue weighted by atomic mass is 16.5. The third-order valence-corrected chi connectivity index (χ3v) is 4.68. The highest BCUT2D eigenvalue weighted by Gasteiger charge is 2.18. The number of nitrogens with two attached hydrogens (primary N) is 1. The molecule has 2 aromatic carbocycles. The van der Waals surface area contributed by atoms with E-state index in [0.717, 1.165) is 13.1 Å². The van der Waals surface area contributed by atoms with Crippen LogP contribution in [0.5, 0.6) is 5.75 Å². The molecular weight excluding hydrogens is 342 g/mol. The first kappa shape index (κ1) is 18.8. The molecule has 3 rings (SSSR count). The van der Waals surface area contributed by atoms with Crippen molar-refractivity contribution in [2.24, 2.45) is 5.73 Å². The van der Waals surface area contributed by atoms with Crippen LogP contribution in [0.2, 0.25) is 0 Å². The number of hydrogen-bond donors (Lipinski definition) is 2. The van der Waals surface area contributed by atoms with Crippen LogP contribution in [-0.2, 0) is 4.79 Å². The van der Waals surface area contributed by atoms with Gasteiger partial charge in [0.1, 0.15) is 5.75 Å². The second kappa shape index (κ2) is 8.58. The number of hydrogen-bond acceptors (Lipinski definition) is 4. The van der Waals surface area contributed by atoms with Gasteiger partial charge in [0.15, 0.2) is 6.10 Å². The van der Waals surface area contributed by atoms with E-state index in [1.165, 1.54) is 24.9 Å². The fourth-order valence-corrected chi connectivity index (χ4v) is 3.17. The number of nitrogens with one attached hydrogen (secondary N) is 1. The molecule has 0 spiro atoms. The van der Waals surface area contributed by atoms with Gasteiger partial charge in [-0.2, -0.15) is 0 Å². The van der Waals surface area contributed by atoms with Gasteiger partial charge in [0.2, 0.25) is 0 Å². The molecule has 0 aromatic heterocycles. The lowest BCUT2D eigenvalue weighted by atomic mass is 10.1. The Bertz CT molecular complexity index is 799. The van der Waals surface area contributed by atoms with Crippen LogP contribution >= 0.6 is 0 Å². The van der Waals surface area contributed by atoms with E-state index in [9.17, 15) is 9.59 Å². The molecule has 0 unspecified atom stereocenters. The Morgan fingerprint density at radius 1 is 1.04 bits per heavy atom. The molecule has 2 aromatic rings. The van der Waals surface area contributed by atoms with Crippen LogP contribution in [0.15, 0.2) is 48.5 Å². The van der Waals surface area contributed by atoms with Crippen molar-refractivity contribution >= 4 is 23.2 Å². The average Bonchev–Trinajstić information content (AvgIpc) is 2.69. The number of ether oxygens (including phenoxy) is 1. The molecule has 6 nitrogen and oxygen atoms in total. The van der Waals surface area contributed by atoms with E-state index in [0.29, 0.717) is 11.4 Å². The number of nitrogens with zero attached hydrogens (tertiary/aromatic N) is 1. The Kier molecular flexibility index (Phi) is 5.96. The summed E-state index contributed by atoms with van der Waals surface area (Å²) in [5.74, 6) is -0.584. The van der Waals surface area contributed by atoms with Crippen LogP contribution in [0.1, 0.15) is 36.5 Å². The lowest BCUT2D eigenvalue weighted by Crippen LogP contribution is -2.31. The molecule has 1 heterocycles. The number of para-hydroxylation sites is 1. The third-order valence-electron chi connectivity index (χ3n) is 4.68. The SMILES string of the molecule is C[C@@H](Oc1ccccc1C(N)=O)C(=O)Nc1ccc(N2CCCCC2)cc1. The minimum atomic E-state index is -0.771. The van der Waals surface area contributed by atoms with E-state index < -0.39 is 12.0 Å². The molecule has 3 N–H and O–H groups in total. The molecule has 27 heavy (non-hydrogen) atoms. The zero-order chi connectivity index (χ0) is 19.2. The second-order valence-electron chi connectivity index (χ2n) is 6.70. The number of anilines is 2. The van der Waals surface area contributed by atoms with Gasteiger partial charge in [0.25, 0.3) is 11.8 Å². The summed E-state index contributed by atoms with van der Waals surface area (Å²) in [6, 6.07) is 14.5. The van der Waals surface area contributed by atoms with E-state index in [4.69, 9.17) is 10.5 Å². The van der Waals surface area contributed by atoms with Crippen LogP contribution in [0.25, 0.3) is 0 Å². The fraction of sp³-hybridized carbons (Fsp3) is 0.333. The van der Waals surface area contributed by atoms with Crippen molar-refractivity contribution < 1.29 is 14.3 Å². The maximum atomic E-state index is 12.4. The van der Waals surface area contributed by atoms with Crippen LogP contribution in [0.4, 0.5) is 11.4 Å². The summed E-state index contributed by atoms with van der Waals surface area (Å²) in [5, 5.41) is 2.84. The number of piperidine rings is 1. The monoisotopic (exact) mass is 367 g/mol. The molecule has 1 atom stereocenters. The maximum absolute atomic E-state index is 12.4. The smallest absolute Gasteiger partial charge is 0.265 e. The first-order chi connectivity index (χ1) is 13.0. The van der Waals surface area contributed by atoms with Crippen LogP contribution in [-0.4, -0.2) is 31.0 Å². The lowest BCUT2D eigenvalue weighted by molar-refractivity contribution is -0.122. The fourth-order valence-electron chi connectivity index (χ4n) is 3.17. The molecule has 1 saturated heterocycles. The maximum Gasteiger partial charge on any atom is 0.265 e. The van der Waals surface area contributed by atoms with Gasteiger partial charge in [0, 0.05) is 24.5 Å². The van der Waals surface area contributed by atoms with Gasteiger partial charge in [0.05, 0.1) is 5.56 Å². The van der Waals surface area contributed by atoms with Crippen molar-refractivity contribution in [3.8, 4) is 5.75 Å². The van der Waals surface area contributed by atoms with Crippen molar-refractivity contribution in [2.45, 2.75) is 32.3 Å². The summed E-state index contributed by atoms with van der Waals surface area (Å²) in [7, 11) is 0. The average molecular weight is 367 g/mol. The molecule has 6 heteroatoms. The highest BCUT2D eigenvalue weighted by molar-refractivity contribution is 5.97. The zero-order valence-electron chi connectivity index (χ0n) is 15.5. The molecule has 1 aliphatic rings. The van der Waals surface area contributed by atoms with Crippen LogP contribution in [0.3, 0.4) is 0 Å². The van der Waals surface area contributed by atoms with Gasteiger partial charge in [-0.25, -0.2) is 0 Å². The Morgan fingerprint density at radius 3 is 2.37 bits per heavy atom. The second-order valence-corrected chi connectivity index (χ2v) is 6.70. The van der Waals surface area contributed by atoms with Crippen LogP contribution < -0.4 is 20.7 Å². The van der Waals surface area contributed by atoms with E-state index in [-0.39, 0.29) is 11.5 Å². The highest BCUT2D eigenvalue weighted by Crippen LogP contribution is 2.23. The summed E-state index contributed by atoms with van der Waals surface area (Å²) in [5.41, 5.74) is 7.48. The molecule has 0 bridgehead atoms. The molecular formula is C21H25N3O3. The van der Waals surface area contributed by atoms with Gasteiger partial charge in [-0.3, -0.25) is 9.59 Å². The molecule has 0 aliphatic carbocycles. The summed E-state index contributed by atoms with van der Waals surface area (Å²) < 4.78 is 5.64. The summed E-state index contributed by atoms with van der Waals surface area (Å²) in [6.07, 6.45) is 2.97. The predicted molar refractivity (Wildman–Crippen MR) is 106 cm³/mol. The summed E-state index contributed by atoms with van der Waals surface area (Å²) in [6.45, 7) is 3.79. The van der Waals surface area contributed by atoms with Crippen molar-refractivity contribution in [1.82, 2.24) is 0 Å². The van der Waals surface area contributed by atoms with Gasteiger partial charge in [-0.15, -0.1) is 0 Å². The number of carbonyl (C=O) groups is 2.